The molecule has 8 aromatic carbocycles. The second-order valence-electron chi connectivity index (χ2n) is 15.1. The van der Waals surface area contributed by atoms with Gasteiger partial charge in [0, 0.05) is 30.5 Å². The molecule has 0 atom stereocenters. The number of aliphatic carboxylic acids is 1. The Bertz CT molecular complexity index is 3040. The van der Waals surface area contributed by atoms with Crippen molar-refractivity contribution >= 4 is 93.4 Å². The number of anilines is 2. The van der Waals surface area contributed by atoms with E-state index in [1.165, 1.54) is 45.8 Å². The molecule has 9 nitrogen and oxygen atoms in total. The minimum atomic E-state index is -2.36. The average Bonchev–Trinajstić information content (AvgIpc) is 3.69. The molecule has 1 aromatic heterocycles. The Morgan fingerprint density at radius 1 is 0.571 bits per heavy atom. The van der Waals surface area contributed by atoms with Crippen LogP contribution in [0.25, 0.3) is 25.1 Å². The first-order valence-electron chi connectivity index (χ1n) is 20.8. The smallest absolute Gasteiger partial charge is 0.337 e. The number of carbonyl (C=O) groups excluding carboxylic acids is 2. The van der Waals surface area contributed by atoms with E-state index >= 15 is 0 Å². The number of benzene rings is 8. The first kappa shape index (κ1) is 53.7. The predicted molar refractivity (Wildman–Crippen MR) is 274 cm³/mol. The Morgan fingerprint density at radius 3 is 1.27 bits per heavy atom. The zero-order chi connectivity index (χ0) is 51.1. The van der Waals surface area contributed by atoms with Crippen LogP contribution in [0.4, 0.5) is 28.9 Å². The maximum atomic E-state index is 12.7. The predicted octanol–water partition coefficient (Wildman–Crippen LogP) is 10.8. The number of hydrogen-bond donors (Lipinski definition) is 4. The van der Waals surface area contributed by atoms with E-state index in [2.05, 4.69) is 198 Å². The molecule has 0 radical (unpaired) electrons. The molecule has 0 bridgehead atoms. The SMILES string of the molecule is CC(C)(O)C(=O)[O-].Nc1c(F)c(F)c(C(=O)[O-])c(F)c1F.Nc1cc(I)ccc1C(=O)O.c1ccc(-[s+]2c3ccccc3c3ccccc32)cc1.c1ccc([S+](c2ccccc2)c2ccccc2)cc1. The van der Waals surface area contributed by atoms with Crippen molar-refractivity contribution in [3.63, 3.8) is 0 Å². The zero-order valence-electron chi connectivity index (χ0n) is 37.2. The highest BCUT2D eigenvalue weighted by molar-refractivity contribution is 14.1. The lowest BCUT2D eigenvalue weighted by molar-refractivity contribution is -0.322. The molecule has 70 heavy (non-hydrogen) atoms. The van der Waals surface area contributed by atoms with Gasteiger partial charge < -0.3 is 41.5 Å². The number of thiophene rings is 1. The monoisotopic (exact) mass is 1100 g/mol. The van der Waals surface area contributed by atoms with Gasteiger partial charge in [0.1, 0.15) is 5.69 Å². The summed E-state index contributed by atoms with van der Waals surface area (Å²) in [5, 5.41) is 39.5. The van der Waals surface area contributed by atoms with E-state index in [0.717, 1.165) is 17.4 Å². The highest BCUT2D eigenvalue weighted by atomic mass is 127. The van der Waals surface area contributed by atoms with Gasteiger partial charge in [-0.25, -0.2) is 22.4 Å². The van der Waals surface area contributed by atoms with Gasteiger partial charge in [0.25, 0.3) is 0 Å². The standard InChI is InChI=1S/C18H13S.C18H15S.C7H3F4NO2.C7H6INO2.C4H8O3/c1-2-8-14(9-3-1)19-17-12-6-4-10-15(17)16-11-5-7-13-18(16)19;1-4-10-16(11-5-1)19(17-12-6-2-7-13-17)18-14-8-3-9-15-18;8-2-1(7(13)14)3(9)5(11)6(12)4(2)10;8-4-1-2-5(7(10)11)6(9)3-4;1-4(2,7)3(5)6/h1-13H;1-15H;12H2,(H,13,14);1-3H,9H2,(H,10,11);7H,1-2H3,(H,5,6)/q2*+1;;;/p-2. The summed E-state index contributed by atoms with van der Waals surface area (Å²) in [7, 11) is 0.0448. The number of hydrogen-bond acceptors (Lipinski definition) is 8. The third-order valence-electron chi connectivity index (χ3n) is 9.66. The van der Waals surface area contributed by atoms with Crippen LogP contribution in [0.1, 0.15) is 34.6 Å². The van der Waals surface area contributed by atoms with E-state index in [0.29, 0.717) is 5.69 Å². The molecule has 6 N–H and O–H groups in total. The van der Waals surface area contributed by atoms with Crippen molar-refractivity contribution in [2.45, 2.75) is 34.1 Å². The molecule has 358 valence electrons. The van der Waals surface area contributed by atoms with Crippen molar-refractivity contribution < 1.29 is 52.4 Å². The number of aliphatic hydroxyl groups is 1. The number of carboxylic acids is 3. The highest BCUT2D eigenvalue weighted by Crippen LogP contribution is 2.48. The van der Waals surface area contributed by atoms with Gasteiger partial charge in [-0.15, -0.1) is 0 Å². The van der Waals surface area contributed by atoms with Gasteiger partial charge in [-0.1, -0.05) is 97.1 Å². The number of aromatic carboxylic acids is 2. The van der Waals surface area contributed by atoms with Gasteiger partial charge >= 0.3 is 5.97 Å². The van der Waals surface area contributed by atoms with E-state index in [1.54, 1.807) is 12.1 Å². The van der Waals surface area contributed by atoms with Crippen LogP contribution in [0.15, 0.2) is 203 Å². The number of nitrogen functional groups attached to an aromatic ring is 2. The van der Waals surface area contributed by atoms with Crippen LogP contribution in [-0.2, 0) is 15.7 Å². The minimum Gasteiger partial charge on any atom is -0.547 e. The molecule has 0 spiro atoms. The molecule has 16 heteroatoms. The van der Waals surface area contributed by atoms with Gasteiger partial charge in [-0.2, -0.15) is 0 Å². The fourth-order valence-corrected chi connectivity index (χ4v) is 11.3. The molecular formula is C54H43F4IN2O7S2. The molecule has 0 saturated heterocycles. The number of rotatable bonds is 7. The summed E-state index contributed by atoms with van der Waals surface area (Å²) in [4.78, 5) is 35.7. The number of halogens is 5. The molecule has 0 unspecified atom stereocenters. The summed E-state index contributed by atoms with van der Waals surface area (Å²) in [5.41, 5.74) is 5.60. The van der Waals surface area contributed by atoms with Crippen LogP contribution < -0.4 is 21.7 Å². The molecule has 0 fully saturated rings. The Morgan fingerprint density at radius 2 is 0.929 bits per heavy atom. The van der Waals surface area contributed by atoms with Crippen LogP contribution in [0.3, 0.4) is 0 Å². The summed E-state index contributed by atoms with van der Waals surface area (Å²) >= 11 is 2.07. The molecule has 0 aliphatic rings. The number of carboxylic acid groups (broad SMARTS) is 3. The lowest BCUT2D eigenvalue weighted by Crippen LogP contribution is -2.43. The number of nitrogens with two attached hydrogens (primary N) is 2. The largest absolute Gasteiger partial charge is 0.547 e. The topological polar surface area (TPSA) is 190 Å². The van der Waals surface area contributed by atoms with Crippen molar-refractivity contribution in [3.05, 3.63) is 226 Å². The van der Waals surface area contributed by atoms with Crippen molar-refractivity contribution in [3.8, 4) is 4.90 Å². The molecule has 1 heterocycles. The summed E-state index contributed by atoms with van der Waals surface area (Å²) in [5.74, 6) is -12.9. The zero-order valence-corrected chi connectivity index (χ0v) is 41.0. The maximum Gasteiger partial charge on any atom is 0.337 e. The summed E-state index contributed by atoms with van der Waals surface area (Å²) in [6.45, 7) is 2.31. The normalized spacial score (nSPS) is 10.6. The second kappa shape index (κ2) is 24.9. The van der Waals surface area contributed by atoms with Gasteiger partial charge in [0.2, 0.25) is 0 Å². The fourth-order valence-electron chi connectivity index (χ4n) is 6.30. The summed E-state index contributed by atoms with van der Waals surface area (Å²) in [6, 6.07) is 65.4. The van der Waals surface area contributed by atoms with Crippen molar-refractivity contribution in [1.82, 2.24) is 0 Å². The molecule has 0 saturated carbocycles. The van der Waals surface area contributed by atoms with Gasteiger partial charge in [-0.05, 0) is 127 Å². The summed E-state index contributed by atoms with van der Waals surface area (Å²) < 4.78 is 54.4. The van der Waals surface area contributed by atoms with Gasteiger partial charge in [0.15, 0.2) is 52.3 Å². The van der Waals surface area contributed by atoms with Crippen LogP contribution in [0, 0.1) is 26.8 Å². The van der Waals surface area contributed by atoms with Crippen molar-refractivity contribution in [1.29, 1.82) is 0 Å². The fraction of sp³-hybridized carbons (Fsp3) is 0.0556. The van der Waals surface area contributed by atoms with E-state index in [-0.39, 0.29) is 26.9 Å². The molecule has 9 aromatic rings. The lowest BCUT2D eigenvalue weighted by Gasteiger charge is -2.16. The Balaban J connectivity index is 0.000000170. The van der Waals surface area contributed by atoms with E-state index in [4.69, 9.17) is 15.9 Å². The second-order valence-corrected chi connectivity index (χ2v) is 20.3. The van der Waals surface area contributed by atoms with E-state index in [1.807, 2.05) is 0 Å². The molecule has 0 amide bonds. The summed E-state index contributed by atoms with van der Waals surface area (Å²) in [6.07, 6.45) is 0. The van der Waals surface area contributed by atoms with E-state index < -0.39 is 58.0 Å². The Kier molecular flexibility index (Phi) is 19.1. The number of fused-ring (bicyclic) bond motifs is 3. The van der Waals surface area contributed by atoms with Gasteiger partial charge in [-0.3, -0.25) is 0 Å². The molecule has 0 aliphatic carbocycles. The Labute approximate surface area is 419 Å². The van der Waals surface area contributed by atoms with Gasteiger partial charge in [0.05, 0.1) is 39.6 Å². The molecule has 9 rings (SSSR count). The average molecular weight is 1100 g/mol. The first-order chi connectivity index (χ1) is 33.3. The quantitative estimate of drug-likeness (QED) is 0.0396. The maximum absolute atomic E-state index is 12.7. The highest BCUT2D eigenvalue weighted by Gasteiger charge is 2.28. The van der Waals surface area contributed by atoms with E-state index in [9.17, 15) is 42.2 Å². The Hall–Kier alpha value is -7.25. The first-order valence-corrected chi connectivity index (χ1v) is 24.3. The third kappa shape index (κ3) is 13.7. The van der Waals surface area contributed by atoms with Crippen LogP contribution in [0.5, 0.6) is 0 Å². The van der Waals surface area contributed by atoms with Crippen LogP contribution in [-0.4, -0.2) is 33.7 Å². The van der Waals surface area contributed by atoms with Crippen molar-refractivity contribution in [2.75, 3.05) is 11.5 Å². The lowest BCUT2D eigenvalue weighted by atomic mass is 10.1. The van der Waals surface area contributed by atoms with Crippen LogP contribution >= 0.6 is 33.1 Å². The molecular weight excluding hydrogens is 1060 g/mol. The van der Waals surface area contributed by atoms with Crippen molar-refractivity contribution in [2.24, 2.45) is 0 Å². The third-order valence-corrected chi connectivity index (χ3v) is 14.9. The van der Waals surface area contributed by atoms with Crippen LogP contribution in [0.2, 0.25) is 0 Å². The number of carbonyl (C=O) groups is 3. The minimum absolute atomic E-state index is 0.0146. The molecule has 0 aliphatic heterocycles.